The number of allylic oxidation sites excluding steroid dienone is 1. The normalized spacial score (nSPS) is 42.8. The first-order valence-corrected chi connectivity index (χ1v) is 10.4. The number of nitrogens with zero attached hydrogens (tertiary/aromatic N) is 1. The van der Waals surface area contributed by atoms with Crippen molar-refractivity contribution in [3.05, 3.63) is 23.1 Å². The molecule has 5 nitrogen and oxygen atoms in total. The molecule has 0 saturated heterocycles. The molecule has 27 heavy (non-hydrogen) atoms. The van der Waals surface area contributed by atoms with E-state index in [9.17, 15) is 9.90 Å². The van der Waals surface area contributed by atoms with Gasteiger partial charge in [-0.15, -0.1) is 0 Å². The molecule has 3 saturated carbocycles. The zero-order valence-corrected chi connectivity index (χ0v) is 16.5. The SMILES string of the molecule is CC(=O)O[C@H]1CCC2[C@@H]3CCC4=C(O)c5nocc5C[C@]4(C)C3CC[C@@]21C. The van der Waals surface area contributed by atoms with Crippen LogP contribution in [0.25, 0.3) is 5.76 Å². The smallest absolute Gasteiger partial charge is 0.302 e. The van der Waals surface area contributed by atoms with Crippen LogP contribution in [0.5, 0.6) is 0 Å². The lowest BCUT2D eigenvalue weighted by Gasteiger charge is -2.57. The molecule has 5 heteroatoms. The number of hydrogen-bond acceptors (Lipinski definition) is 5. The molecule has 146 valence electrons. The Kier molecular flexibility index (Phi) is 3.60. The molecule has 4 aliphatic rings. The number of esters is 1. The van der Waals surface area contributed by atoms with Crippen molar-refractivity contribution >= 4 is 11.7 Å². The van der Waals surface area contributed by atoms with Crippen molar-refractivity contribution in [2.45, 2.75) is 71.8 Å². The summed E-state index contributed by atoms with van der Waals surface area (Å²) in [5.41, 5.74) is 2.95. The second-order valence-electron chi connectivity index (χ2n) is 9.75. The first-order chi connectivity index (χ1) is 12.8. The number of carbonyl (C=O) groups excluding carboxylic acids is 1. The Labute approximate surface area is 160 Å². The number of carbonyl (C=O) groups is 1. The van der Waals surface area contributed by atoms with Crippen LogP contribution in [0.4, 0.5) is 0 Å². The van der Waals surface area contributed by atoms with Gasteiger partial charge in [-0.05, 0) is 73.7 Å². The highest BCUT2D eigenvalue weighted by molar-refractivity contribution is 5.67. The van der Waals surface area contributed by atoms with Crippen LogP contribution in [0, 0.1) is 28.6 Å². The van der Waals surface area contributed by atoms with Crippen LogP contribution in [0.15, 0.2) is 16.4 Å². The maximum absolute atomic E-state index is 11.6. The van der Waals surface area contributed by atoms with E-state index in [0.717, 1.165) is 50.5 Å². The Hall–Kier alpha value is -1.78. The Bertz CT molecular complexity index is 826. The van der Waals surface area contributed by atoms with Crippen LogP contribution in [-0.2, 0) is 16.0 Å². The third-order valence-electron chi connectivity index (χ3n) is 8.60. The molecule has 1 aromatic rings. The lowest BCUT2D eigenvalue weighted by molar-refractivity contribution is -0.157. The van der Waals surface area contributed by atoms with Gasteiger partial charge in [0.2, 0.25) is 0 Å². The summed E-state index contributed by atoms with van der Waals surface area (Å²) < 4.78 is 10.9. The molecule has 0 spiro atoms. The summed E-state index contributed by atoms with van der Waals surface area (Å²) in [6, 6.07) is 0. The predicted octanol–water partition coefficient (Wildman–Crippen LogP) is 4.67. The summed E-state index contributed by atoms with van der Waals surface area (Å²) in [6.45, 7) is 6.22. The number of fused-ring (bicyclic) bond motifs is 6. The van der Waals surface area contributed by atoms with Gasteiger partial charge in [-0.3, -0.25) is 4.79 Å². The van der Waals surface area contributed by atoms with Crippen LogP contribution >= 0.6 is 0 Å². The molecule has 1 N–H and O–H groups in total. The van der Waals surface area contributed by atoms with Crippen LogP contribution in [0.3, 0.4) is 0 Å². The van der Waals surface area contributed by atoms with E-state index >= 15 is 0 Å². The van der Waals surface area contributed by atoms with Gasteiger partial charge in [0.1, 0.15) is 18.1 Å². The molecule has 2 unspecified atom stereocenters. The fourth-order valence-electron chi connectivity index (χ4n) is 7.39. The molecular formula is C22H29NO4. The van der Waals surface area contributed by atoms with Gasteiger partial charge in [0.05, 0.1) is 0 Å². The van der Waals surface area contributed by atoms with Gasteiger partial charge in [-0.25, -0.2) is 0 Å². The van der Waals surface area contributed by atoms with E-state index in [1.54, 1.807) is 6.26 Å². The van der Waals surface area contributed by atoms with Crippen LogP contribution < -0.4 is 0 Å². The minimum atomic E-state index is -0.151. The van der Waals surface area contributed by atoms with Gasteiger partial charge in [0.25, 0.3) is 0 Å². The lowest BCUT2D eigenvalue weighted by atomic mass is 9.47. The fourth-order valence-corrected chi connectivity index (χ4v) is 7.39. The van der Waals surface area contributed by atoms with E-state index < -0.39 is 0 Å². The minimum absolute atomic E-state index is 0.0214. The average Bonchev–Trinajstić information content (AvgIpc) is 3.19. The topological polar surface area (TPSA) is 72.6 Å². The summed E-state index contributed by atoms with van der Waals surface area (Å²) >= 11 is 0. The number of aromatic nitrogens is 1. The largest absolute Gasteiger partial charge is 0.506 e. The van der Waals surface area contributed by atoms with E-state index in [1.807, 2.05) is 0 Å². The molecule has 6 atom stereocenters. The van der Waals surface area contributed by atoms with Crippen molar-refractivity contribution in [2.24, 2.45) is 28.6 Å². The molecule has 0 aromatic carbocycles. The number of rotatable bonds is 1. The van der Waals surface area contributed by atoms with Crippen molar-refractivity contribution in [1.82, 2.24) is 5.16 Å². The number of ether oxygens (including phenoxy) is 1. The number of aliphatic hydroxyl groups is 1. The summed E-state index contributed by atoms with van der Waals surface area (Å²) in [5, 5.41) is 14.9. The molecule has 0 amide bonds. The van der Waals surface area contributed by atoms with Crippen molar-refractivity contribution in [3.63, 3.8) is 0 Å². The molecule has 0 radical (unpaired) electrons. The zero-order valence-electron chi connectivity index (χ0n) is 16.5. The highest BCUT2D eigenvalue weighted by Crippen LogP contribution is 2.66. The first kappa shape index (κ1) is 17.3. The average molecular weight is 371 g/mol. The van der Waals surface area contributed by atoms with Gasteiger partial charge in [-0.2, -0.15) is 0 Å². The van der Waals surface area contributed by atoms with Crippen LogP contribution in [-0.4, -0.2) is 22.3 Å². The molecule has 0 aliphatic heterocycles. The lowest BCUT2D eigenvalue weighted by Crippen LogP contribution is -2.52. The summed E-state index contributed by atoms with van der Waals surface area (Å²) in [5.74, 6) is 2.00. The standard InChI is InChI=1S/C22H29NO4/c1-12(24)27-18-7-6-15-14-4-5-17-20(25)19-13(11-26-23-19)10-22(17,3)16(14)8-9-21(15,18)2/h11,14-16,18,25H,4-10H2,1-3H3/t14-,15?,16?,18-,21-,22+/m0/s1. The first-order valence-electron chi connectivity index (χ1n) is 10.4. The van der Waals surface area contributed by atoms with Crippen molar-refractivity contribution in [1.29, 1.82) is 0 Å². The summed E-state index contributed by atoms with van der Waals surface area (Å²) in [6.07, 6.45) is 9.08. The van der Waals surface area contributed by atoms with E-state index in [4.69, 9.17) is 9.26 Å². The van der Waals surface area contributed by atoms with E-state index in [1.165, 1.54) is 12.5 Å². The van der Waals surface area contributed by atoms with Crippen LogP contribution in [0.1, 0.15) is 70.6 Å². The molecule has 1 heterocycles. The van der Waals surface area contributed by atoms with E-state index in [-0.39, 0.29) is 22.9 Å². The summed E-state index contributed by atoms with van der Waals surface area (Å²) in [4.78, 5) is 11.6. The van der Waals surface area contributed by atoms with Crippen molar-refractivity contribution in [3.8, 4) is 0 Å². The predicted molar refractivity (Wildman–Crippen MR) is 99.7 cm³/mol. The Morgan fingerprint density at radius 1 is 1.26 bits per heavy atom. The second kappa shape index (κ2) is 5.62. The fraction of sp³-hybridized carbons (Fsp3) is 0.727. The van der Waals surface area contributed by atoms with E-state index in [0.29, 0.717) is 29.2 Å². The minimum Gasteiger partial charge on any atom is -0.506 e. The second-order valence-corrected chi connectivity index (χ2v) is 9.75. The highest BCUT2D eigenvalue weighted by Gasteiger charge is 2.60. The monoisotopic (exact) mass is 371 g/mol. The van der Waals surface area contributed by atoms with Gasteiger partial charge in [0.15, 0.2) is 5.69 Å². The highest BCUT2D eigenvalue weighted by atomic mass is 16.5. The van der Waals surface area contributed by atoms with Gasteiger partial charge < -0.3 is 14.4 Å². The third kappa shape index (κ3) is 2.23. The molecule has 3 fully saturated rings. The third-order valence-corrected chi connectivity index (χ3v) is 8.60. The molecule has 4 aliphatic carbocycles. The van der Waals surface area contributed by atoms with E-state index in [2.05, 4.69) is 19.0 Å². The van der Waals surface area contributed by atoms with Gasteiger partial charge >= 0.3 is 5.97 Å². The maximum atomic E-state index is 11.6. The maximum Gasteiger partial charge on any atom is 0.302 e. The van der Waals surface area contributed by atoms with Crippen LogP contribution in [0.2, 0.25) is 0 Å². The zero-order chi connectivity index (χ0) is 19.0. The van der Waals surface area contributed by atoms with Gasteiger partial charge in [0, 0.05) is 17.9 Å². The Morgan fingerprint density at radius 2 is 2.07 bits per heavy atom. The molecule has 5 rings (SSSR count). The van der Waals surface area contributed by atoms with Gasteiger partial charge in [-0.1, -0.05) is 19.0 Å². The summed E-state index contributed by atoms with van der Waals surface area (Å²) in [7, 11) is 0. The molecule has 1 aromatic heterocycles. The van der Waals surface area contributed by atoms with Crippen molar-refractivity contribution in [2.75, 3.05) is 0 Å². The number of aliphatic hydroxyl groups excluding tert-OH is 1. The molecular weight excluding hydrogens is 342 g/mol. The quantitative estimate of drug-likeness (QED) is 0.726. The molecule has 0 bridgehead atoms. The Balaban J connectivity index is 1.49. The van der Waals surface area contributed by atoms with Crippen molar-refractivity contribution < 1.29 is 19.2 Å². The Morgan fingerprint density at radius 3 is 2.85 bits per heavy atom. The number of hydrogen-bond donors (Lipinski definition) is 1.